The first-order valence-corrected chi connectivity index (χ1v) is 5.45. The van der Waals surface area contributed by atoms with Crippen molar-refractivity contribution in [3.05, 3.63) is 30.2 Å². The number of esters is 1. The summed E-state index contributed by atoms with van der Waals surface area (Å²) in [6.07, 6.45) is 3.60. The molecule has 0 amide bonds. The maximum absolute atomic E-state index is 11.5. The summed E-state index contributed by atoms with van der Waals surface area (Å²) >= 11 is 0. The normalized spacial score (nSPS) is 9.94. The van der Waals surface area contributed by atoms with Crippen LogP contribution in [0.15, 0.2) is 24.5 Å². The van der Waals surface area contributed by atoms with Crippen molar-refractivity contribution in [2.75, 3.05) is 25.6 Å². The fraction of sp³-hybridized carbons (Fsp3) is 0.333. The second kappa shape index (κ2) is 5.86. The number of carbonyl (C=O) groups excluding carboxylic acids is 1. The minimum atomic E-state index is -0.386. The summed E-state index contributed by atoms with van der Waals surface area (Å²) < 4.78 is 6.73. The zero-order valence-electron chi connectivity index (χ0n) is 10.6. The average Bonchev–Trinajstić information content (AvgIpc) is 2.71. The van der Waals surface area contributed by atoms with Crippen LogP contribution < -0.4 is 4.90 Å². The second-order valence-corrected chi connectivity index (χ2v) is 3.89. The van der Waals surface area contributed by atoms with Gasteiger partial charge in [0.2, 0.25) is 0 Å². The Morgan fingerprint density at radius 1 is 1.39 bits per heavy atom. The molecule has 0 fully saturated rings. The summed E-state index contributed by atoms with van der Waals surface area (Å²) in [7, 11) is 3.93. The van der Waals surface area contributed by atoms with Crippen LogP contribution in [0.2, 0.25) is 0 Å². The number of imidazole rings is 1. The van der Waals surface area contributed by atoms with Crippen molar-refractivity contribution in [1.82, 2.24) is 9.38 Å². The highest BCUT2D eigenvalue weighted by Gasteiger charge is 2.11. The Morgan fingerprint density at radius 3 is 2.72 bits per heavy atom. The number of fused-ring (bicyclic) bond motifs is 1. The van der Waals surface area contributed by atoms with Crippen LogP contribution in [0.5, 0.6) is 0 Å². The number of pyridine rings is 1. The Morgan fingerprint density at radius 2 is 2.11 bits per heavy atom. The molecule has 0 bridgehead atoms. The van der Waals surface area contributed by atoms with Crippen molar-refractivity contribution in [2.45, 2.75) is 6.92 Å². The molecule has 0 N–H and O–H groups in total. The van der Waals surface area contributed by atoms with Crippen LogP contribution in [0.4, 0.5) is 5.69 Å². The van der Waals surface area contributed by atoms with Crippen molar-refractivity contribution in [2.24, 2.45) is 0 Å². The lowest BCUT2D eigenvalue weighted by molar-refractivity contribution is 0.0520. The Labute approximate surface area is 116 Å². The SMILES string of the molecule is Br.CCOC(=O)c1cn2cc(N(C)C)ccc2n1. The Hall–Kier alpha value is -1.56. The van der Waals surface area contributed by atoms with Crippen molar-refractivity contribution in [3.63, 3.8) is 0 Å². The van der Waals surface area contributed by atoms with E-state index in [0.29, 0.717) is 12.3 Å². The third-order valence-corrected chi connectivity index (χ3v) is 2.44. The van der Waals surface area contributed by atoms with Crippen LogP contribution in [-0.2, 0) is 4.74 Å². The summed E-state index contributed by atoms with van der Waals surface area (Å²) in [5, 5.41) is 0. The van der Waals surface area contributed by atoms with E-state index >= 15 is 0 Å². The molecule has 2 aromatic heterocycles. The number of halogens is 1. The highest BCUT2D eigenvalue weighted by molar-refractivity contribution is 8.93. The smallest absolute Gasteiger partial charge is 0.358 e. The van der Waals surface area contributed by atoms with E-state index in [1.807, 2.05) is 41.7 Å². The predicted molar refractivity (Wildman–Crippen MR) is 75.8 cm³/mol. The van der Waals surface area contributed by atoms with Crippen LogP contribution in [0.25, 0.3) is 5.65 Å². The first kappa shape index (κ1) is 14.5. The standard InChI is InChI=1S/C12H15N3O2.BrH/c1-4-17-12(16)10-8-15-7-9(14(2)3)5-6-11(15)13-10;/h5-8H,4H2,1-3H3;1H. The third-order valence-electron chi connectivity index (χ3n) is 2.44. The van der Waals surface area contributed by atoms with E-state index in [-0.39, 0.29) is 23.0 Å². The van der Waals surface area contributed by atoms with E-state index in [4.69, 9.17) is 4.74 Å². The first-order valence-electron chi connectivity index (χ1n) is 5.45. The molecule has 2 aromatic rings. The largest absolute Gasteiger partial charge is 0.461 e. The molecule has 6 heteroatoms. The van der Waals surface area contributed by atoms with Crippen LogP contribution in [-0.4, -0.2) is 36.1 Å². The summed E-state index contributed by atoms with van der Waals surface area (Å²) in [6.45, 7) is 2.13. The van der Waals surface area contributed by atoms with Crippen molar-refractivity contribution < 1.29 is 9.53 Å². The molecule has 0 aliphatic heterocycles. The van der Waals surface area contributed by atoms with Gasteiger partial charge in [0.05, 0.1) is 12.3 Å². The quantitative estimate of drug-likeness (QED) is 0.815. The lowest BCUT2D eigenvalue weighted by Crippen LogP contribution is -2.09. The van der Waals surface area contributed by atoms with Gasteiger partial charge in [-0.1, -0.05) is 0 Å². The topological polar surface area (TPSA) is 46.8 Å². The number of rotatable bonds is 3. The first-order chi connectivity index (χ1) is 8.11. The summed E-state index contributed by atoms with van der Waals surface area (Å²) in [4.78, 5) is 17.7. The summed E-state index contributed by atoms with van der Waals surface area (Å²) in [5.74, 6) is -0.386. The van der Waals surface area contributed by atoms with Crippen molar-refractivity contribution in [1.29, 1.82) is 0 Å². The third kappa shape index (κ3) is 2.81. The van der Waals surface area contributed by atoms with Crippen molar-refractivity contribution >= 4 is 34.3 Å². The van der Waals surface area contributed by atoms with Gasteiger partial charge in [0.1, 0.15) is 5.65 Å². The molecule has 0 unspecified atom stereocenters. The molecule has 0 saturated carbocycles. The number of ether oxygens (including phenoxy) is 1. The van der Waals surface area contributed by atoms with Gasteiger partial charge >= 0.3 is 5.97 Å². The van der Waals surface area contributed by atoms with E-state index < -0.39 is 0 Å². The van der Waals surface area contributed by atoms with E-state index in [1.54, 1.807) is 13.1 Å². The second-order valence-electron chi connectivity index (χ2n) is 3.89. The van der Waals surface area contributed by atoms with Gasteiger partial charge in [-0.05, 0) is 19.1 Å². The van der Waals surface area contributed by atoms with Crippen LogP contribution in [0, 0.1) is 0 Å². The lowest BCUT2D eigenvalue weighted by atomic mass is 10.4. The molecular formula is C12H16BrN3O2. The minimum Gasteiger partial charge on any atom is -0.461 e. The lowest BCUT2D eigenvalue weighted by Gasteiger charge is -2.11. The van der Waals surface area contributed by atoms with Gasteiger partial charge in [0, 0.05) is 26.5 Å². The molecule has 0 spiro atoms. The molecule has 98 valence electrons. The van der Waals surface area contributed by atoms with Gasteiger partial charge in [0.25, 0.3) is 0 Å². The average molecular weight is 314 g/mol. The van der Waals surface area contributed by atoms with Crippen molar-refractivity contribution in [3.8, 4) is 0 Å². The molecular weight excluding hydrogens is 298 g/mol. The maximum atomic E-state index is 11.5. The number of anilines is 1. The van der Waals surface area contributed by atoms with Gasteiger partial charge in [0.15, 0.2) is 5.69 Å². The van der Waals surface area contributed by atoms with Crippen LogP contribution in [0.3, 0.4) is 0 Å². The molecule has 0 aliphatic carbocycles. The van der Waals surface area contributed by atoms with E-state index in [2.05, 4.69) is 4.98 Å². The molecule has 0 aliphatic rings. The number of aromatic nitrogens is 2. The fourth-order valence-electron chi connectivity index (χ4n) is 1.55. The van der Waals surface area contributed by atoms with E-state index in [9.17, 15) is 4.79 Å². The Bertz CT molecular complexity index is 551. The van der Waals surface area contributed by atoms with Crippen LogP contribution in [0.1, 0.15) is 17.4 Å². The molecule has 0 atom stereocenters. The molecule has 0 saturated heterocycles. The fourth-order valence-corrected chi connectivity index (χ4v) is 1.55. The molecule has 5 nitrogen and oxygen atoms in total. The van der Waals surface area contributed by atoms with E-state index in [0.717, 1.165) is 11.3 Å². The Balaban J connectivity index is 0.00000162. The molecule has 0 aromatic carbocycles. The van der Waals surface area contributed by atoms with Gasteiger partial charge in [-0.2, -0.15) is 0 Å². The van der Waals surface area contributed by atoms with Gasteiger partial charge < -0.3 is 14.0 Å². The van der Waals surface area contributed by atoms with Gasteiger partial charge in [-0.25, -0.2) is 9.78 Å². The molecule has 2 rings (SSSR count). The Kier molecular flexibility index (Phi) is 4.72. The number of carbonyl (C=O) groups is 1. The monoisotopic (exact) mass is 313 g/mol. The maximum Gasteiger partial charge on any atom is 0.358 e. The molecule has 2 heterocycles. The molecule has 0 radical (unpaired) electrons. The highest BCUT2D eigenvalue weighted by atomic mass is 79.9. The van der Waals surface area contributed by atoms with Gasteiger partial charge in [-0.15, -0.1) is 17.0 Å². The summed E-state index contributed by atoms with van der Waals surface area (Å²) in [5.41, 5.74) is 2.12. The van der Waals surface area contributed by atoms with Gasteiger partial charge in [-0.3, -0.25) is 0 Å². The summed E-state index contributed by atoms with van der Waals surface area (Å²) in [6, 6.07) is 3.83. The zero-order chi connectivity index (χ0) is 12.4. The highest BCUT2D eigenvalue weighted by Crippen LogP contribution is 2.14. The number of nitrogens with zero attached hydrogens (tertiary/aromatic N) is 3. The number of hydrogen-bond donors (Lipinski definition) is 0. The number of hydrogen-bond acceptors (Lipinski definition) is 4. The zero-order valence-corrected chi connectivity index (χ0v) is 12.3. The van der Waals surface area contributed by atoms with E-state index in [1.165, 1.54) is 0 Å². The minimum absolute atomic E-state index is 0. The predicted octanol–water partition coefficient (Wildman–Crippen LogP) is 2.15. The van der Waals surface area contributed by atoms with Crippen LogP contribution >= 0.6 is 17.0 Å². The molecule has 18 heavy (non-hydrogen) atoms.